The minimum atomic E-state index is -0.782. The van der Waals surface area contributed by atoms with Crippen molar-refractivity contribution >= 4 is 34.1 Å². The topological polar surface area (TPSA) is 124 Å². The number of aryl methyl sites for hydroxylation is 1. The Morgan fingerprint density at radius 3 is 2.64 bits per heavy atom. The summed E-state index contributed by atoms with van der Waals surface area (Å²) in [5, 5.41) is 11.4. The fourth-order valence-electron chi connectivity index (χ4n) is 3.71. The number of nitrogens with zero attached hydrogens (tertiary/aromatic N) is 3. The standard InChI is InChI=1S/C24H26FN7O/c1-2-32-21-9-8-17(11-16(21)14-28-32)29-23-19(22(27)33)12-20(25)24(31-23)30-18(13-26)10-15-6-4-3-5-7-15/h3-9,11-12,14,18H,2,10,13,26H2,1H3,(H2,27,33)(H2,29,30,31). The van der Waals surface area contributed by atoms with Gasteiger partial charge in [0.05, 0.1) is 17.3 Å². The van der Waals surface area contributed by atoms with Gasteiger partial charge >= 0.3 is 0 Å². The average molecular weight is 448 g/mol. The van der Waals surface area contributed by atoms with Crippen molar-refractivity contribution in [2.75, 3.05) is 17.2 Å². The molecule has 0 saturated carbocycles. The van der Waals surface area contributed by atoms with Crippen LogP contribution in [0.1, 0.15) is 22.8 Å². The lowest BCUT2D eigenvalue weighted by Crippen LogP contribution is -2.32. The maximum atomic E-state index is 14.8. The molecule has 9 heteroatoms. The van der Waals surface area contributed by atoms with Crippen molar-refractivity contribution in [1.82, 2.24) is 14.8 Å². The Morgan fingerprint density at radius 2 is 1.94 bits per heavy atom. The molecule has 4 rings (SSSR count). The lowest BCUT2D eigenvalue weighted by molar-refractivity contribution is 0.100. The number of fused-ring (bicyclic) bond motifs is 1. The van der Waals surface area contributed by atoms with Crippen molar-refractivity contribution in [1.29, 1.82) is 0 Å². The molecule has 0 aliphatic carbocycles. The van der Waals surface area contributed by atoms with Crippen LogP contribution in [0.3, 0.4) is 0 Å². The number of anilines is 3. The van der Waals surface area contributed by atoms with E-state index in [4.69, 9.17) is 11.5 Å². The Balaban J connectivity index is 1.63. The summed E-state index contributed by atoms with van der Waals surface area (Å²) in [6.45, 7) is 3.04. The monoisotopic (exact) mass is 447 g/mol. The number of nitrogens with one attached hydrogen (secondary N) is 2. The number of pyridine rings is 1. The van der Waals surface area contributed by atoms with Crippen LogP contribution in [0.2, 0.25) is 0 Å². The molecule has 33 heavy (non-hydrogen) atoms. The Bertz CT molecular complexity index is 1270. The second-order valence-corrected chi connectivity index (χ2v) is 7.70. The highest BCUT2D eigenvalue weighted by Gasteiger charge is 2.19. The maximum absolute atomic E-state index is 14.8. The fraction of sp³-hybridized carbons (Fsp3) is 0.208. The molecule has 1 unspecified atom stereocenters. The summed E-state index contributed by atoms with van der Waals surface area (Å²) >= 11 is 0. The molecule has 6 N–H and O–H groups in total. The number of carbonyl (C=O) groups is 1. The third-order valence-corrected chi connectivity index (χ3v) is 5.40. The lowest BCUT2D eigenvalue weighted by Gasteiger charge is -2.19. The van der Waals surface area contributed by atoms with Crippen LogP contribution >= 0.6 is 0 Å². The van der Waals surface area contributed by atoms with Gasteiger partial charge in [-0.05, 0) is 43.2 Å². The highest BCUT2D eigenvalue weighted by Crippen LogP contribution is 2.26. The first-order chi connectivity index (χ1) is 16.0. The van der Waals surface area contributed by atoms with Gasteiger partial charge in [-0.3, -0.25) is 9.48 Å². The molecule has 4 aromatic rings. The first kappa shape index (κ1) is 22.2. The number of hydrogen-bond acceptors (Lipinski definition) is 6. The van der Waals surface area contributed by atoms with Crippen LogP contribution in [0.15, 0.2) is 60.8 Å². The van der Waals surface area contributed by atoms with E-state index in [-0.39, 0.29) is 29.8 Å². The van der Waals surface area contributed by atoms with Gasteiger partial charge in [0.15, 0.2) is 11.6 Å². The Morgan fingerprint density at radius 1 is 1.15 bits per heavy atom. The molecule has 1 atom stereocenters. The van der Waals surface area contributed by atoms with Gasteiger partial charge in [-0.25, -0.2) is 9.37 Å². The molecular formula is C24H26FN7O. The summed E-state index contributed by atoms with van der Waals surface area (Å²) in [7, 11) is 0. The summed E-state index contributed by atoms with van der Waals surface area (Å²) in [5.41, 5.74) is 14.1. The van der Waals surface area contributed by atoms with Crippen LogP contribution in [-0.4, -0.2) is 33.3 Å². The average Bonchev–Trinajstić information content (AvgIpc) is 3.23. The first-order valence-corrected chi connectivity index (χ1v) is 10.7. The van der Waals surface area contributed by atoms with Gasteiger partial charge in [0, 0.05) is 30.2 Å². The van der Waals surface area contributed by atoms with Crippen LogP contribution in [-0.2, 0) is 13.0 Å². The minimum absolute atomic E-state index is 0.00578. The predicted molar refractivity (Wildman–Crippen MR) is 128 cm³/mol. The van der Waals surface area contributed by atoms with Crippen molar-refractivity contribution in [3.8, 4) is 0 Å². The van der Waals surface area contributed by atoms with Gasteiger partial charge in [-0.1, -0.05) is 30.3 Å². The van der Waals surface area contributed by atoms with E-state index in [0.717, 1.165) is 29.1 Å². The predicted octanol–water partition coefficient (Wildman–Crippen LogP) is 3.41. The Hall–Kier alpha value is -3.98. The van der Waals surface area contributed by atoms with Crippen LogP contribution in [0, 0.1) is 5.82 Å². The summed E-state index contributed by atoms with van der Waals surface area (Å²) in [5.74, 6) is -1.31. The molecular weight excluding hydrogens is 421 g/mol. The number of amides is 1. The van der Waals surface area contributed by atoms with E-state index in [9.17, 15) is 9.18 Å². The van der Waals surface area contributed by atoms with Gasteiger partial charge < -0.3 is 22.1 Å². The molecule has 0 spiro atoms. The number of rotatable bonds is 9. The van der Waals surface area contributed by atoms with Crippen molar-refractivity contribution in [3.63, 3.8) is 0 Å². The molecule has 0 radical (unpaired) electrons. The fourth-order valence-corrected chi connectivity index (χ4v) is 3.71. The zero-order chi connectivity index (χ0) is 23.4. The van der Waals surface area contributed by atoms with E-state index in [2.05, 4.69) is 20.7 Å². The Labute approximate surface area is 190 Å². The van der Waals surface area contributed by atoms with Crippen LogP contribution in [0.25, 0.3) is 10.9 Å². The number of hydrogen-bond donors (Lipinski definition) is 4. The van der Waals surface area contributed by atoms with E-state index in [1.165, 1.54) is 0 Å². The highest BCUT2D eigenvalue weighted by atomic mass is 19.1. The quantitative estimate of drug-likeness (QED) is 0.312. The van der Waals surface area contributed by atoms with Gasteiger partial charge in [0.1, 0.15) is 5.82 Å². The van der Waals surface area contributed by atoms with Crippen molar-refractivity contribution in [2.24, 2.45) is 11.5 Å². The molecule has 0 aliphatic heterocycles. The van der Waals surface area contributed by atoms with Gasteiger partial charge in [0.25, 0.3) is 5.91 Å². The molecule has 8 nitrogen and oxygen atoms in total. The number of carbonyl (C=O) groups excluding carboxylic acids is 1. The molecule has 0 saturated heterocycles. The lowest BCUT2D eigenvalue weighted by atomic mass is 10.1. The number of halogens is 1. The van der Waals surface area contributed by atoms with Crippen LogP contribution in [0.5, 0.6) is 0 Å². The van der Waals surface area contributed by atoms with Gasteiger partial charge in [0.2, 0.25) is 0 Å². The SMILES string of the molecule is CCn1ncc2cc(Nc3nc(NC(CN)Cc4ccccc4)c(F)cc3C(N)=O)ccc21. The van der Waals surface area contributed by atoms with Crippen molar-refractivity contribution < 1.29 is 9.18 Å². The van der Waals surface area contributed by atoms with E-state index in [0.29, 0.717) is 12.1 Å². The number of primary amides is 1. The summed E-state index contributed by atoms with van der Waals surface area (Å²) in [6.07, 6.45) is 2.36. The molecule has 1 amide bonds. The molecule has 0 aliphatic rings. The van der Waals surface area contributed by atoms with Crippen LogP contribution < -0.4 is 22.1 Å². The van der Waals surface area contributed by atoms with E-state index < -0.39 is 11.7 Å². The molecule has 0 fully saturated rings. The highest BCUT2D eigenvalue weighted by molar-refractivity contribution is 5.99. The van der Waals surface area contributed by atoms with E-state index in [1.54, 1.807) is 6.20 Å². The largest absolute Gasteiger partial charge is 0.365 e. The van der Waals surface area contributed by atoms with Gasteiger partial charge in [-0.2, -0.15) is 5.10 Å². The third kappa shape index (κ3) is 4.93. The molecule has 2 heterocycles. The Kier molecular flexibility index (Phi) is 6.50. The summed E-state index contributed by atoms with van der Waals surface area (Å²) in [4.78, 5) is 16.3. The van der Waals surface area contributed by atoms with Crippen molar-refractivity contribution in [3.05, 3.63) is 77.7 Å². The molecule has 170 valence electrons. The summed E-state index contributed by atoms with van der Waals surface area (Å²) < 4.78 is 16.7. The number of nitrogens with two attached hydrogens (primary N) is 2. The molecule has 2 aromatic heterocycles. The second kappa shape index (κ2) is 9.66. The number of aromatic nitrogens is 3. The third-order valence-electron chi connectivity index (χ3n) is 5.40. The van der Waals surface area contributed by atoms with Crippen LogP contribution in [0.4, 0.5) is 21.7 Å². The zero-order valence-electron chi connectivity index (χ0n) is 18.3. The first-order valence-electron chi connectivity index (χ1n) is 10.7. The normalized spacial score (nSPS) is 12.0. The molecule has 2 aromatic carbocycles. The molecule has 0 bridgehead atoms. The smallest absolute Gasteiger partial charge is 0.252 e. The van der Waals surface area contributed by atoms with Gasteiger partial charge in [-0.15, -0.1) is 0 Å². The van der Waals surface area contributed by atoms with Crippen molar-refractivity contribution in [2.45, 2.75) is 25.9 Å². The second-order valence-electron chi connectivity index (χ2n) is 7.70. The summed E-state index contributed by atoms with van der Waals surface area (Å²) in [6, 6.07) is 16.3. The zero-order valence-corrected chi connectivity index (χ0v) is 18.3. The maximum Gasteiger partial charge on any atom is 0.252 e. The van der Waals surface area contributed by atoms with E-state index >= 15 is 0 Å². The van der Waals surface area contributed by atoms with E-state index in [1.807, 2.05) is 60.1 Å². The minimum Gasteiger partial charge on any atom is -0.365 e. The number of benzene rings is 2.